The first-order valence-electron chi connectivity index (χ1n) is 11.6. The third-order valence-corrected chi connectivity index (χ3v) is 8.47. The molecule has 0 bridgehead atoms. The van der Waals surface area contributed by atoms with Crippen LogP contribution in [0.25, 0.3) is 22.3 Å². The van der Waals surface area contributed by atoms with Gasteiger partial charge in [0.2, 0.25) is 5.91 Å². The highest BCUT2D eigenvalue weighted by Crippen LogP contribution is 2.48. The van der Waals surface area contributed by atoms with E-state index in [0.29, 0.717) is 6.04 Å². The van der Waals surface area contributed by atoms with E-state index in [1.165, 1.54) is 11.8 Å². The standard InChI is InChI=1S/C27H21N5OS2/c33-25(32-21-9-3-5-11-23(21)35-24-12-6-4-10-22(24)32)16-34-27-30-29-26(31(27)17-13-14-17)19-15-28-20-8-2-1-7-18(19)20/h1-12,15,17,28H,13-14,16H2. The summed E-state index contributed by atoms with van der Waals surface area (Å²) in [7, 11) is 0. The lowest BCUT2D eigenvalue weighted by atomic mass is 10.1. The van der Waals surface area contributed by atoms with Gasteiger partial charge in [-0.1, -0.05) is 66.0 Å². The first-order chi connectivity index (χ1) is 17.3. The lowest BCUT2D eigenvalue weighted by molar-refractivity contribution is -0.115. The first-order valence-corrected chi connectivity index (χ1v) is 13.4. The van der Waals surface area contributed by atoms with Crippen LogP contribution in [0.4, 0.5) is 11.4 Å². The summed E-state index contributed by atoms with van der Waals surface area (Å²) in [6, 6.07) is 24.8. The van der Waals surface area contributed by atoms with Crippen molar-refractivity contribution >= 4 is 51.7 Å². The third-order valence-electron chi connectivity index (χ3n) is 6.41. The highest BCUT2D eigenvalue weighted by atomic mass is 32.2. The van der Waals surface area contributed by atoms with Crippen molar-refractivity contribution in [3.8, 4) is 11.4 Å². The first kappa shape index (κ1) is 20.8. The van der Waals surface area contributed by atoms with Crippen molar-refractivity contribution in [2.45, 2.75) is 33.8 Å². The van der Waals surface area contributed by atoms with Gasteiger partial charge in [-0.3, -0.25) is 14.3 Å². The lowest BCUT2D eigenvalue weighted by Gasteiger charge is -2.30. The minimum absolute atomic E-state index is 0.0363. The molecule has 1 saturated carbocycles. The summed E-state index contributed by atoms with van der Waals surface area (Å²) in [4.78, 5) is 21.0. The molecule has 1 amide bonds. The largest absolute Gasteiger partial charge is 0.360 e. The molecule has 1 fully saturated rings. The number of aromatic nitrogens is 4. The van der Waals surface area contributed by atoms with Crippen LogP contribution in [0.5, 0.6) is 0 Å². The topological polar surface area (TPSA) is 66.8 Å². The number of aromatic amines is 1. The molecule has 0 spiro atoms. The van der Waals surface area contributed by atoms with E-state index in [-0.39, 0.29) is 11.7 Å². The summed E-state index contributed by atoms with van der Waals surface area (Å²) in [5.74, 6) is 1.19. The molecular weight excluding hydrogens is 474 g/mol. The zero-order valence-corrected chi connectivity index (χ0v) is 20.4. The number of thioether (sulfide) groups is 1. The molecule has 8 heteroatoms. The highest BCUT2D eigenvalue weighted by Gasteiger charge is 2.32. The van der Waals surface area contributed by atoms with Crippen LogP contribution in [0.1, 0.15) is 18.9 Å². The van der Waals surface area contributed by atoms with Crippen molar-refractivity contribution in [2.75, 3.05) is 10.7 Å². The lowest BCUT2D eigenvalue weighted by Crippen LogP contribution is -2.30. The summed E-state index contributed by atoms with van der Waals surface area (Å²) < 4.78 is 2.22. The summed E-state index contributed by atoms with van der Waals surface area (Å²) in [6.45, 7) is 0. The molecular formula is C27H21N5OS2. The van der Waals surface area contributed by atoms with Gasteiger partial charge in [-0.25, -0.2) is 0 Å². The Hall–Kier alpha value is -3.49. The maximum absolute atomic E-state index is 13.6. The minimum Gasteiger partial charge on any atom is -0.360 e. The van der Waals surface area contributed by atoms with Crippen molar-refractivity contribution in [3.05, 3.63) is 79.0 Å². The Kier molecular flexibility index (Phi) is 4.96. The van der Waals surface area contributed by atoms with Crippen LogP contribution >= 0.6 is 23.5 Å². The fourth-order valence-corrected chi connectivity index (χ4v) is 6.55. The van der Waals surface area contributed by atoms with E-state index in [4.69, 9.17) is 0 Å². The van der Waals surface area contributed by atoms with Crippen LogP contribution in [0.15, 0.2) is 93.9 Å². The Balaban J connectivity index is 1.21. The molecule has 6 nitrogen and oxygen atoms in total. The molecule has 0 radical (unpaired) electrons. The number of carbonyl (C=O) groups excluding carboxylic acids is 1. The highest BCUT2D eigenvalue weighted by molar-refractivity contribution is 8.00. The van der Waals surface area contributed by atoms with Crippen LogP contribution in [-0.4, -0.2) is 31.4 Å². The second-order valence-corrected chi connectivity index (χ2v) is 10.7. The molecule has 1 N–H and O–H groups in total. The van der Waals surface area contributed by atoms with Crippen LogP contribution in [0.2, 0.25) is 0 Å². The molecule has 3 heterocycles. The molecule has 1 aliphatic heterocycles. The molecule has 0 unspecified atom stereocenters. The summed E-state index contributed by atoms with van der Waals surface area (Å²) >= 11 is 3.18. The normalized spacial score (nSPS) is 14.7. The Bertz CT molecular complexity index is 1540. The van der Waals surface area contributed by atoms with Crippen LogP contribution in [-0.2, 0) is 4.79 Å². The number of hydrogen-bond donors (Lipinski definition) is 1. The number of fused-ring (bicyclic) bond motifs is 3. The van der Waals surface area contributed by atoms with Gasteiger partial charge in [-0.15, -0.1) is 10.2 Å². The van der Waals surface area contributed by atoms with Gasteiger partial charge in [0.25, 0.3) is 0 Å². The summed E-state index contributed by atoms with van der Waals surface area (Å²) in [5.41, 5.74) is 4.00. The van der Waals surface area contributed by atoms with Gasteiger partial charge in [-0.05, 0) is 43.2 Å². The number of nitrogens with zero attached hydrogens (tertiary/aromatic N) is 4. The molecule has 35 heavy (non-hydrogen) atoms. The molecule has 3 aromatic carbocycles. The molecule has 7 rings (SSSR count). The molecule has 1 aliphatic carbocycles. The van der Waals surface area contributed by atoms with E-state index in [9.17, 15) is 4.79 Å². The molecule has 5 aromatic rings. The van der Waals surface area contributed by atoms with Gasteiger partial charge in [0, 0.05) is 38.5 Å². The Morgan fingerprint density at radius 2 is 1.63 bits per heavy atom. The summed E-state index contributed by atoms with van der Waals surface area (Å²) in [5, 5.41) is 11.0. The van der Waals surface area contributed by atoms with E-state index >= 15 is 0 Å². The smallest absolute Gasteiger partial charge is 0.242 e. The number of nitrogens with one attached hydrogen (secondary N) is 1. The van der Waals surface area contributed by atoms with Gasteiger partial charge >= 0.3 is 0 Å². The Labute approximate surface area is 210 Å². The fraction of sp³-hybridized carbons (Fsp3) is 0.148. The van der Waals surface area contributed by atoms with E-state index in [2.05, 4.69) is 44.0 Å². The molecule has 0 atom stereocenters. The number of para-hydroxylation sites is 3. The van der Waals surface area contributed by atoms with E-state index in [1.807, 2.05) is 59.6 Å². The quantitative estimate of drug-likeness (QED) is 0.275. The van der Waals surface area contributed by atoms with Gasteiger partial charge in [0.1, 0.15) is 0 Å². The van der Waals surface area contributed by atoms with Crippen LogP contribution in [0, 0.1) is 0 Å². The fourth-order valence-electron chi connectivity index (χ4n) is 4.64. The minimum atomic E-state index is 0.0363. The summed E-state index contributed by atoms with van der Waals surface area (Å²) in [6.07, 6.45) is 4.23. The average Bonchev–Trinajstić information content (AvgIpc) is 3.51. The zero-order valence-electron chi connectivity index (χ0n) is 18.7. The van der Waals surface area contributed by atoms with E-state index < -0.39 is 0 Å². The van der Waals surface area contributed by atoms with Crippen molar-refractivity contribution < 1.29 is 4.79 Å². The van der Waals surface area contributed by atoms with Crippen molar-refractivity contribution in [2.24, 2.45) is 0 Å². The molecule has 0 saturated heterocycles. The number of anilines is 2. The SMILES string of the molecule is O=C(CSc1nnc(-c2c[nH]c3ccccc23)n1C1CC1)N1c2ccccc2Sc2ccccc21. The van der Waals surface area contributed by atoms with Gasteiger partial charge in [-0.2, -0.15) is 0 Å². The second kappa shape index (κ2) is 8.32. The van der Waals surface area contributed by atoms with E-state index in [1.54, 1.807) is 11.8 Å². The van der Waals surface area contributed by atoms with E-state index in [0.717, 1.165) is 61.5 Å². The maximum Gasteiger partial charge on any atom is 0.242 e. The number of hydrogen-bond acceptors (Lipinski definition) is 5. The Morgan fingerprint density at radius 1 is 0.943 bits per heavy atom. The second-order valence-electron chi connectivity index (χ2n) is 8.71. The zero-order chi connectivity index (χ0) is 23.4. The molecule has 2 aromatic heterocycles. The molecule has 172 valence electrons. The predicted octanol–water partition coefficient (Wildman–Crippen LogP) is 6.68. The van der Waals surface area contributed by atoms with Gasteiger partial charge in [0.05, 0.1) is 17.1 Å². The molecule has 2 aliphatic rings. The van der Waals surface area contributed by atoms with Gasteiger partial charge < -0.3 is 4.98 Å². The van der Waals surface area contributed by atoms with Crippen molar-refractivity contribution in [1.29, 1.82) is 0 Å². The maximum atomic E-state index is 13.6. The van der Waals surface area contributed by atoms with Gasteiger partial charge in [0.15, 0.2) is 11.0 Å². The number of benzene rings is 3. The number of amides is 1. The van der Waals surface area contributed by atoms with Crippen LogP contribution in [0.3, 0.4) is 0 Å². The van der Waals surface area contributed by atoms with Crippen molar-refractivity contribution in [3.63, 3.8) is 0 Å². The van der Waals surface area contributed by atoms with Crippen LogP contribution < -0.4 is 4.90 Å². The van der Waals surface area contributed by atoms with Crippen molar-refractivity contribution in [1.82, 2.24) is 19.7 Å². The third kappa shape index (κ3) is 3.56. The number of carbonyl (C=O) groups is 1. The monoisotopic (exact) mass is 495 g/mol. The predicted molar refractivity (Wildman–Crippen MR) is 140 cm³/mol. The number of rotatable bonds is 5. The number of H-pyrrole nitrogens is 1. The average molecular weight is 496 g/mol. The Morgan fingerprint density at radius 3 is 2.37 bits per heavy atom.